The van der Waals surface area contributed by atoms with E-state index in [9.17, 15) is 4.79 Å². The van der Waals surface area contributed by atoms with E-state index < -0.39 is 0 Å². The highest BCUT2D eigenvalue weighted by Crippen LogP contribution is 2.25. The van der Waals surface area contributed by atoms with Gasteiger partial charge in [0, 0.05) is 37.0 Å². The average molecular weight is 364 g/mol. The third-order valence-corrected chi connectivity index (χ3v) is 4.33. The smallest absolute Gasteiger partial charge is 0.200 e. The molecule has 4 rings (SSSR count). The molecule has 0 bridgehead atoms. The molecular weight excluding hydrogens is 344 g/mol. The molecule has 138 valence electrons. The van der Waals surface area contributed by atoms with E-state index in [2.05, 4.69) is 4.98 Å². The zero-order valence-electron chi connectivity index (χ0n) is 14.8. The van der Waals surface area contributed by atoms with Crippen LogP contribution < -0.4 is 15.1 Å². The zero-order chi connectivity index (χ0) is 18.5. The van der Waals surface area contributed by atoms with Crippen LogP contribution in [0.4, 0.5) is 5.88 Å². The van der Waals surface area contributed by atoms with Gasteiger partial charge in [-0.3, -0.25) is 9.78 Å². The van der Waals surface area contributed by atoms with E-state index >= 15 is 0 Å². The van der Waals surface area contributed by atoms with Gasteiger partial charge >= 0.3 is 0 Å². The molecule has 1 aromatic carbocycles. The Labute approximate surface area is 157 Å². The van der Waals surface area contributed by atoms with Crippen molar-refractivity contribution in [3.05, 3.63) is 76.7 Å². The van der Waals surface area contributed by atoms with Crippen molar-refractivity contribution in [3.8, 4) is 17.1 Å². The molecule has 0 unspecified atom stereocenters. The topological polar surface area (TPSA) is 64.8 Å². The van der Waals surface area contributed by atoms with Crippen molar-refractivity contribution in [1.29, 1.82) is 0 Å². The molecule has 0 N–H and O–H groups in total. The molecule has 6 heteroatoms. The number of morpholine rings is 1. The van der Waals surface area contributed by atoms with Crippen molar-refractivity contribution in [2.75, 3.05) is 31.2 Å². The Bertz CT molecular complexity index is 932. The third-order valence-electron chi connectivity index (χ3n) is 4.33. The summed E-state index contributed by atoms with van der Waals surface area (Å²) in [5.74, 6) is 1.85. The number of rotatable bonds is 5. The van der Waals surface area contributed by atoms with Gasteiger partial charge in [0.25, 0.3) is 0 Å². The van der Waals surface area contributed by atoms with Crippen LogP contribution in [0, 0.1) is 0 Å². The lowest BCUT2D eigenvalue weighted by Gasteiger charge is -2.27. The van der Waals surface area contributed by atoms with Gasteiger partial charge in [-0.25, -0.2) is 0 Å². The molecule has 0 atom stereocenters. The number of hydrogen-bond acceptors (Lipinski definition) is 6. The van der Waals surface area contributed by atoms with Crippen LogP contribution in [0.25, 0.3) is 11.3 Å². The largest absolute Gasteiger partial charge is 0.487 e. The van der Waals surface area contributed by atoms with Crippen LogP contribution in [0.3, 0.4) is 0 Å². The number of anilines is 1. The average Bonchev–Trinajstić information content (AvgIpc) is 2.73. The minimum atomic E-state index is -0.0757. The fourth-order valence-corrected chi connectivity index (χ4v) is 2.90. The molecule has 3 heterocycles. The third kappa shape index (κ3) is 4.35. The molecule has 0 saturated carbocycles. The van der Waals surface area contributed by atoms with Gasteiger partial charge in [-0.1, -0.05) is 6.07 Å². The fraction of sp³-hybridized carbons (Fsp3) is 0.238. The SMILES string of the molecule is O=c1cc(-c2ccc(OCc3ccccn3)cc2)oc(N2CCOCC2)c1. The van der Waals surface area contributed by atoms with Gasteiger partial charge in [-0.05, 0) is 36.4 Å². The second-order valence-electron chi connectivity index (χ2n) is 6.23. The Morgan fingerprint density at radius 2 is 1.85 bits per heavy atom. The summed E-state index contributed by atoms with van der Waals surface area (Å²) in [6.45, 7) is 3.10. The summed E-state index contributed by atoms with van der Waals surface area (Å²) < 4.78 is 17.1. The number of aromatic nitrogens is 1. The van der Waals surface area contributed by atoms with Crippen LogP contribution in [-0.2, 0) is 11.3 Å². The van der Waals surface area contributed by atoms with Crippen LogP contribution in [0.2, 0.25) is 0 Å². The highest BCUT2D eigenvalue weighted by molar-refractivity contribution is 5.59. The molecule has 1 aliphatic heterocycles. The van der Waals surface area contributed by atoms with Crippen molar-refractivity contribution in [2.24, 2.45) is 0 Å². The first kappa shape index (κ1) is 17.3. The van der Waals surface area contributed by atoms with Crippen molar-refractivity contribution < 1.29 is 13.9 Å². The zero-order valence-corrected chi connectivity index (χ0v) is 14.8. The van der Waals surface area contributed by atoms with E-state index in [4.69, 9.17) is 13.9 Å². The molecule has 0 radical (unpaired) electrons. The summed E-state index contributed by atoms with van der Waals surface area (Å²) >= 11 is 0. The minimum Gasteiger partial charge on any atom is -0.487 e. The van der Waals surface area contributed by atoms with Crippen LogP contribution in [-0.4, -0.2) is 31.3 Å². The highest BCUT2D eigenvalue weighted by atomic mass is 16.5. The first-order chi connectivity index (χ1) is 13.3. The molecule has 3 aromatic rings. The first-order valence-corrected chi connectivity index (χ1v) is 8.89. The van der Waals surface area contributed by atoms with Gasteiger partial charge in [0.05, 0.1) is 18.9 Å². The summed E-state index contributed by atoms with van der Waals surface area (Å²) in [6, 6.07) is 16.2. The monoisotopic (exact) mass is 364 g/mol. The lowest BCUT2D eigenvalue weighted by atomic mass is 10.1. The van der Waals surface area contributed by atoms with Crippen molar-refractivity contribution >= 4 is 5.88 Å². The summed E-state index contributed by atoms with van der Waals surface area (Å²) in [5.41, 5.74) is 1.62. The second-order valence-corrected chi connectivity index (χ2v) is 6.23. The van der Waals surface area contributed by atoms with Crippen molar-refractivity contribution in [3.63, 3.8) is 0 Å². The van der Waals surface area contributed by atoms with Gasteiger partial charge in [-0.2, -0.15) is 0 Å². The van der Waals surface area contributed by atoms with Crippen LogP contribution in [0.1, 0.15) is 5.69 Å². The molecule has 1 aliphatic rings. The second kappa shape index (κ2) is 8.05. The molecule has 0 aliphatic carbocycles. The molecule has 2 aromatic heterocycles. The van der Waals surface area contributed by atoms with E-state index in [1.807, 2.05) is 47.4 Å². The van der Waals surface area contributed by atoms with Crippen LogP contribution in [0.5, 0.6) is 5.75 Å². The Morgan fingerprint density at radius 3 is 2.59 bits per heavy atom. The van der Waals surface area contributed by atoms with Gasteiger partial charge in [-0.15, -0.1) is 0 Å². The van der Waals surface area contributed by atoms with E-state index in [1.165, 1.54) is 12.1 Å². The van der Waals surface area contributed by atoms with E-state index in [1.54, 1.807) is 6.20 Å². The van der Waals surface area contributed by atoms with Gasteiger partial charge in [0.1, 0.15) is 18.1 Å². The Kier molecular flexibility index (Phi) is 5.16. The summed E-state index contributed by atoms with van der Waals surface area (Å²) in [4.78, 5) is 18.4. The normalized spacial score (nSPS) is 14.1. The lowest BCUT2D eigenvalue weighted by molar-refractivity contribution is 0.120. The Morgan fingerprint density at radius 1 is 1.04 bits per heavy atom. The summed E-state index contributed by atoms with van der Waals surface area (Å²) in [6.07, 6.45) is 1.74. The minimum absolute atomic E-state index is 0.0757. The summed E-state index contributed by atoms with van der Waals surface area (Å²) in [7, 11) is 0. The number of pyridine rings is 1. The molecule has 27 heavy (non-hydrogen) atoms. The predicted octanol–water partition coefficient (Wildman–Crippen LogP) is 3.12. The highest BCUT2D eigenvalue weighted by Gasteiger charge is 2.15. The predicted molar refractivity (Wildman–Crippen MR) is 102 cm³/mol. The quantitative estimate of drug-likeness (QED) is 0.693. The van der Waals surface area contributed by atoms with Gasteiger partial charge in [0.15, 0.2) is 11.3 Å². The van der Waals surface area contributed by atoms with Crippen molar-refractivity contribution in [1.82, 2.24) is 4.98 Å². The molecule has 0 spiro atoms. The van der Waals surface area contributed by atoms with Crippen LogP contribution >= 0.6 is 0 Å². The molecule has 1 saturated heterocycles. The number of benzene rings is 1. The van der Waals surface area contributed by atoms with Crippen molar-refractivity contribution in [2.45, 2.75) is 6.61 Å². The fourth-order valence-electron chi connectivity index (χ4n) is 2.90. The number of nitrogens with zero attached hydrogens (tertiary/aromatic N) is 2. The van der Waals surface area contributed by atoms with E-state index in [0.717, 1.165) is 17.0 Å². The lowest BCUT2D eigenvalue weighted by Crippen LogP contribution is -2.36. The van der Waals surface area contributed by atoms with Gasteiger partial charge < -0.3 is 18.8 Å². The molecule has 6 nitrogen and oxygen atoms in total. The maximum Gasteiger partial charge on any atom is 0.200 e. The first-order valence-electron chi connectivity index (χ1n) is 8.89. The number of hydrogen-bond donors (Lipinski definition) is 0. The number of ether oxygens (including phenoxy) is 2. The van der Waals surface area contributed by atoms with E-state index in [-0.39, 0.29) is 5.43 Å². The molecular formula is C21H20N2O4. The molecule has 0 amide bonds. The van der Waals surface area contributed by atoms with Crippen LogP contribution in [0.15, 0.2) is 70.0 Å². The standard InChI is InChI=1S/C21H20N2O4/c24-18-13-20(27-21(14-18)23-9-11-25-12-10-23)16-4-6-19(7-5-16)26-15-17-3-1-2-8-22-17/h1-8,13-14H,9-12,15H2. The maximum atomic E-state index is 12.1. The maximum absolute atomic E-state index is 12.1. The Hall–Kier alpha value is -3.12. The van der Waals surface area contributed by atoms with Gasteiger partial charge in [0.2, 0.25) is 0 Å². The molecule has 1 fully saturated rings. The summed E-state index contributed by atoms with van der Waals surface area (Å²) in [5, 5.41) is 0. The Balaban J connectivity index is 1.49. The van der Waals surface area contributed by atoms with E-state index in [0.29, 0.717) is 44.6 Å².